The molecule has 1 aromatic carbocycles. The number of likely N-dealkylation sites (tertiary alicyclic amines) is 1. The Balaban J connectivity index is 1.62. The molecule has 0 radical (unpaired) electrons. The summed E-state index contributed by atoms with van der Waals surface area (Å²) >= 11 is 0. The lowest BCUT2D eigenvalue weighted by Crippen LogP contribution is -2.58. The van der Waals surface area contributed by atoms with Crippen LogP contribution in [-0.4, -0.2) is 42.8 Å². The van der Waals surface area contributed by atoms with Crippen molar-refractivity contribution in [3.05, 3.63) is 41.0 Å². The van der Waals surface area contributed by atoms with E-state index in [-0.39, 0.29) is 23.5 Å². The van der Waals surface area contributed by atoms with E-state index in [9.17, 15) is 9.59 Å². The molecule has 1 saturated carbocycles. The SMILES string of the molecule is COc1ccc2c(c1)[C@]13CCN(CC4CC4)[C@H](C2)C1=C[C@H](CC(N)=O)C(=O)C3. The van der Waals surface area contributed by atoms with Gasteiger partial charge in [-0.3, -0.25) is 14.5 Å². The predicted octanol–water partition coefficient (Wildman–Crippen LogP) is 2.36. The second kappa shape index (κ2) is 6.45. The van der Waals surface area contributed by atoms with Crippen LogP contribution in [-0.2, 0) is 21.4 Å². The number of carbonyl (C=O) groups is 2. The minimum absolute atomic E-state index is 0.124. The number of piperidine rings is 1. The maximum atomic E-state index is 13.0. The Bertz CT molecular complexity index is 873. The van der Waals surface area contributed by atoms with E-state index in [0.717, 1.165) is 37.6 Å². The van der Waals surface area contributed by atoms with Crippen LogP contribution in [0.15, 0.2) is 29.8 Å². The number of amides is 1. The highest BCUT2D eigenvalue weighted by molar-refractivity contribution is 5.91. The average molecular weight is 380 g/mol. The minimum atomic E-state index is -0.399. The van der Waals surface area contributed by atoms with Crippen molar-refractivity contribution in [1.29, 1.82) is 0 Å². The number of carbonyl (C=O) groups excluding carboxylic acids is 2. The molecule has 0 unspecified atom stereocenters. The van der Waals surface area contributed by atoms with Gasteiger partial charge in [0.15, 0.2) is 0 Å². The molecule has 0 aromatic heterocycles. The van der Waals surface area contributed by atoms with Crippen molar-refractivity contribution in [2.75, 3.05) is 20.2 Å². The average Bonchev–Trinajstić information content (AvgIpc) is 3.48. The van der Waals surface area contributed by atoms with E-state index in [2.05, 4.69) is 23.1 Å². The third-order valence-corrected chi connectivity index (χ3v) is 7.31. The summed E-state index contributed by atoms with van der Waals surface area (Å²) in [7, 11) is 1.69. The topological polar surface area (TPSA) is 72.6 Å². The maximum absolute atomic E-state index is 13.0. The van der Waals surface area contributed by atoms with E-state index in [1.165, 1.54) is 29.5 Å². The standard InChI is InChI=1S/C23H28N2O3/c1-28-17-5-4-15-9-20-19-8-16(10-22(24)27)21(26)12-23(19,18(15)11-17)6-7-25(20)13-14-2-3-14/h4-5,8,11,14,16,20H,2-3,6-7,9-10,12-13H2,1H3,(H2,24,27)/t16-,20-,23-/m1/s1. The van der Waals surface area contributed by atoms with Gasteiger partial charge in [-0.2, -0.15) is 0 Å². The first-order valence-electron chi connectivity index (χ1n) is 10.4. The summed E-state index contributed by atoms with van der Waals surface area (Å²) in [6, 6.07) is 6.68. The minimum Gasteiger partial charge on any atom is -0.497 e. The Morgan fingerprint density at radius 3 is 2.89 bits per heavy atom. The van der Waals surface area contributed by atoms with Gasteiger partial charge in [-0.15, -0.1) is 0 Å². The Morgan fingerprint density at radius 1 is 1.36 bits per heavy atom. The first-order chi connectivity index (χ1) is 13.5. The highest BCUT2D eigenvalue weighted by Crippen LogP contribution is 2.54. The molecule has 1 saturated heterocycles. The third-order valence-electron chi connectivity index (χ3n) is 7.31. The van der Waals surface area contributed by atoms with Crippen molar-refractivity contribution >= 4 is 11.7 Å². The predicted molar refractivity (Wildman–Crippen MR) is 106 cm³/mol. The number of benzene rings is 1. The summed E-state index contributed by atoms with van der Waals surface area (Å²) < 4.78 is 5.50. The summed E-state index contributed by atoms with van der Waals surface area (Å²) in [5.74, 6) is 1.06. The molecule has 4 aliphatic rings. The molecule has 2 N–H and O–H groups in total. The van der Waals surface area contributed by atoms with Crippen LogP contribution in [0.3, 0.4) is 0 Å². The summed E-state index contributed by atoms with van der Waals surface area (Å²) in [5, 5.41) is 0. The number of methoxy groups -OCH3 is 1. The molecular formula is C23H28N2O3. The monoisotopic (exact) mass is 380 g/mol. The number of nitrogens with zero attached hydrogens (tertiary/aromatic N) is 1. The molecule has 1 heterocycles. The Morgan fingerprint density at radius 2 is 2.18 bits per heavy atom. The van der Waals surface area contributed by atoms with E-state index in [0.29, 0.717) is 12.5 Å². The lowest BCUT2D eigenvalue weighted by molar-refractivity contribution is -0.128. The number of Topliss-reactive ketones (excluding diaryl/α,β-unsaturated/α-hetero) is 1. The summed E-state index contributed by atoms with van der Waals surface area (Å²) in [4.78, 5) is 27.2. The van der Waals surface area contributed by atoms with Crippen LogP contribution in [0, 0.1) is 11.8 Å². The van der Waals surface area contributed by atoms with E-state index >= 15 is 0 Å². The number of hydrogen-bond donors (Lipinski definition) is 1. The quantitative estimate of drug-likeness (QED) is 0.796. The van der Waals surface area contributed by atoms with Crippen LogP contribution < -0.4 is 10.5 Å². The van der Waals surface area contributed by atoms with Gasteiger partial charge in [-0.1, -0.05) is 12.1 Å². The van der Waals surface area contributed by atoms with Gasteiger partial charge in [0, 0.05) is 36.8 Å². The molecule has 28 heavy (non-hydrogen) atoms. The molecule has 5 heteroatoms. The van der Waals surface area contributed by atoms with Gasteiger partial charge in [0.25, 0.3) is 0 Å². The van der Waals surface area contributed by atoms with Crippen molar-refractivity contribution in [3.8, 4) is 5.75 Å². The van der Waals surface area contributed by atoms with Crippen molar-refractivity contribution in [2.45, 2.75) is 50.0 Å². The molecule has 5 nitrogen and oxygen atoms in total. The highest BCUT2D eigenvalue weighted by atomic mass is 16.5. The molecule has 1 aromatic rings. The molecule has 5 rings (SSSR count). The zero-order valence-electron chi connectivity index (χ0n) is 16.4. The van der Waals surface area contributed by atoms with E-state index < -0.39 is 5.91 Å². The highest BCUT2D eigenvalue weighted by Gasteiger charge is 2.53. The number of rotatable bonds is 5. The number of ketones is 1. The lowest BCUT2D eigenvalue weighted by Gasteiger charge is -2.55. The largest absolute Gasteiger partial charge is 0.497 e. The fourth-order valence-corrected chi connectivity index (χ4v) is 5.73. The van der Waals surface area contributed by atoms with Crippen LogP contribution in [0.5, 0.6) is 5.75 Å². The second-order valence-electron chi connectivity index (χ2n) is 9.06. The van der Waals surface area contributed by atoms with E-state index in [1.54, 1.807) is 7.11 Å². The molecule has 1 aliphatic heterocycles. The number of allylic oxidation sites excluding steroid dienone is 1. The van der Waals surface area contributed by atoms with Crippen LogP contribution in [0.2, 0.25) is 0 Å². The molecule has 0 spiro atoms. The maximum Gasteiger partial charge on any atom is 0.218 e. The van der Waals surface area contributed by atoms with Gasteiger partial charge in [-0.25, -0.2) is 0 Å². The van der Waals surface area contributed by atoms with Crippen molar-refractivity contribution in [2.24, 2.45) is 17.6 Å². The fraction of sp³-hybridized carbons (Fsp3) is 0.565. The first kappa shape index (κ1) is 17.9. The summed E-state index contributed by atoms with van der Waals surface area (Å²) in [6.07, 6.45) is 7.31. The number of hydrogen-bond acceptors (Lipinski definition) is 4. The van der Waals surface area contributed by atoms with Crippen LogP contribution >= 0.6 is 0 Å². The smallest absolute Gasteiger partial charge is 0.218 e. The number of primary amides is 1. The molecular weight excluding hydrogens is 352 g/mol. The van der Waals surface area contributed by atoms with Crippen molar-refractivity contribution < 1.29 is 14.3 Å². The van der Waals surface area contributed by atoms with Gasteiger partial charge >= 0.3 is 0 Å². The third kappa shape index (κ3) is 2.79. The summed E-state index contributed by atoms with van der Waals surface area (Å²) in [6.45, 7) is 2.18. The molecule has 3 aliphatic carbocycles. The zero-order valence-corrected chi connectivity index (χ0v) is 16.4. The van der Waals surface area contributed by atoms with Crippen molar-refractivity contribution in [3.63, 3.8) is 0 Å². The first-order valence-corrected chi connectivity index (χ1v) is 10.4. The number of fused-ring (bicyclic) bond motifs is 1. The van der Waals surface area contributed by atoms with Gasteiger partial charge in [0.05, 0.1) is 7.11 Å². The Hall–Kier alpha value is -2.14. The van der Waals surface area contributed by atoms with Gasteiger partial charge < -0.3 is 10.5 Å². The molecule has 3 atom stereocenters. The van der Waals surface area contributed by atoms with Gasteiger partial charge in [0.1, 0.15) is 11.5 Å². The fourth-order valence-electron chi connectivity index (χ4n) is 5.73. The van der Waals surface area contributed by atoms with Crippen molar-refractivity contribution in [1.82, 2.24) is 4.90 Å². The molecule has 2 bridgehead atoms. The number of nitrogens with two attached hydrogens (primary N) is 1. The molecule has 2 fully saturated rings. The lowest BCUT2D eigenvalue weighted by atomic mass is 9.55. The summed E-state index contributed by atoms with van der Waals surface area (Å²) in [5.41, 5.74) is 9.14. The second-order valence-corrected chi connectivity index (χ2v) is 9.06. The molecule has 148 valence electrons. The van der Waals surface area contributed by atoms with Crippen LogP contribution in [0.4, 0.5) is 0 Å². The van der Waals surface area contributed by atoms with Gasteiger partial charge in [0.2, 0.25) is 5.91 Å². The number of ether oxygens (including phenoxy) is 1. The normalized spacial score (nSPS) is 31.6. The Labute approximate surface area is 165 Å². The van der Waals surface area contributed by atoms with Crippen LogP contribution in [0.1, 0.15) is 43.2 Å². The van der Waals surface area contributed by atoms with Gasteiger partial charge in [-0.05, 0) is 67.0 Å². The van der Waals surface area contributed by atoms with E-state index in [1.807, 2.05) is 6.07 Å². The zero-order chi connectivity index (χ0) is 19.5. The van der Waals surface area contributed by atoms with E-state index in [4.69, 9.17) is 10.5 Å². The molecule has 1 amide bonds. The van der Waals surface area contributed by atoms with Crippen LogP contribution in [0.25, 0.3) is 0 Å². The Kier molecular flexibility index (Phi) is 4.13.